The van der Waals surface area contributed by atoms with Crippen molar-refractivity contribution in [1.29, 1.82) is 0 Å². The molecule has 10 heteroatoms. The van der Waals surface area contributed by atoms with E-state index in [1.54, 1.807) is 30.3 Å². The summed E-state index contributed by atoms with van der Waals surface area (Å²) in [7, 11) is 0. The fraction of sp³-hybridized carbons (Fsp3) is 0.350. The second kappa shape index (κ2) is 9.47. The van der Waals surface area contributed by atoms with Gasteiger partial charge in [0.1, 0.15) is 6.54 Å². The third-order valence-electron chi connectivity index (χ3n) is 4.41. The van der Waals surface area contributed by atoms with Crippen LogP contribution >= 0.6 is 0 Å². The van der Waals surface area contributed by atoms with Crippen molar-refractivity contribution in [2.24, 2.45) is 5.73 Å². The highest BCUT2D eigenvalue weighted by atomic mass is 19.4. The number of hydrogen-bond acceptors (Lipinski definition) is 4. The Balaban J connectivity index is 2.11. The van der Waals surface area contributed by atoms with Gasteiger partial charge in [-0.05, 0) is 32.0 Å². The van der Waals surface area contributed by atoms with Crippen LogP contribution in [0.15, 0.2) is 36.4 Å². The Morgan fingerprint density at radius 3 is 2.33 bits per heavy atom. The molecule has 162 valence electrons. The molecule has 30 heavy (non-hydrogen) atoms. The smallest absolute Gasteiger partial charge is 0.406 e. The van der Waals surface area contributed by atoms with Gasteiger partial charge in [0, 0.05) is 30.0 Å². The number of esters is 1. The van der Waals surface area contributed by atoms with E-state index in [-0.39, 0.29) is 29.9 Å². The molecule has 1 aromatic heterocycles. The maximum Gasteiger partial charge on any atom is 0.406 e. The molecule has 0 aliphatic heterocycles. The Hall–Kier alpha value is -3.30. The van der Waals surface area contributed by atoms with Crippen molar-refractivity contribution in [3.05, 3.63) is 53.3 Å². The Morgan fingerprint density at radius 2 is 1.77 bits per heavy atom. The molecule has 2 rings (SSSR count). The van der Waals surface area contributed by atoms with Gasteiger partial charge in [-0.2, -0.15) is 13.2 Å². The second-order valence-electron chi connectivity index (χ2n) is 6.66. The molecule has 1 heterocycles. The van der Waals surface area contributed by atoms with Crippen LogP contribution in [0.25, 0.3) is 0 Å². The van der Waals surface area contributed by atoms with Crippen LogP contribution in [0.5, 0.6) is 0 Å². The number of primary amides is 1. The number of hydrogen-bond donors (Lipinski definition) is 1. The maximum absolute atomic E-state index is 12.7. The summed E-state index contributed by atoms with van der Waals surface area (Å²) >= 11 is 0. The number of ether oxygens (including phenoxy) is 1. The van der Waals surface area contributed by atoms with E-state index in [2.05, 4.69) is 0 Å². The summed E-state index contributed by atoms with van der Waals surface area (Å²) in [4.78, 5) is 37.3. The number of carbonyl (C=O) groups is 3. The largest absolute Gasteiger partial charge is 0.452 e. The lowest BCUT2D eigenvalue weighted by atomic mass is 10.2. The molecule has 2 amide bonds. The topological polar surface area (TPSA) is 94.6 Å². The SMILES string of the molecule is Cc1cc(C(=O)OCC(=O)N(CCC(N)=O)c2ccccc2)c(C)n1CC(F)(F)F. The molecule has 7 nitrogen and oxygen atoms in total. The molecule has 1 aromatic carbocycles. The van der Waals surface area contributed by atoms with Gasteiger partial charge in [-0.15, -0.1) is 0 Å². The lowest BCUT2D eigenvalue weighted by molar-refractivity contribution is -0.141. The fourth-order valence-electron chi connectivity index (χ4n) is 2.94. The van der Waals surface area contributed by atoms with E-state index >= 15 is 0 Å². The minimum absolute atomic E-state index is 0.00414. The first-order valence-corrected chi connectivity index (χ1v) is 9.04. The number of anilines is 1. The van der Waals surface area contributed by atoms with E-state index in [4.69, 9.17) is 10.5 Å². The lowest BCUT2D eigenvalue weighted by Crippen LogP contribution is -2.37. The van der Waals surface area contributed by atoms with Crippen molar-refractivity contribution in [2.75, 3.05) is 18.1 Å². The summed E-state index contributed by atoms with van der Waals surface area (Å²) in [6.07, 6.45) is -4.53. The van der Waals surface area contributed by atoms with Crippen molar-refractivity contribution in [1.82, 2.24) is 4.57 Å². The molecule has 0 radical (unpaired) electrons. The van der Waals surface area contributed by atoms with Gasteiger partial charge in [0.15, 0.2) is 6.61 Å². The van der Waals surface area contributed by atoms with Crippen LogP contribution in [-0.4, -0.2) is 41.7 Å². The number of nitrogens with two attached hydrogens (primary N) is 1. The quantitative estimate of drug-likeness (QED) is 0.658. The van der Waals surface area contributed by atoms with Gasteiger partial charge in [-0.3, -0.25) is 9.59 Å². The van der Waals surface area contributed by atoms with Crippen LogP contribution < -0.4 is 10.6 Å². The first-order chi connectivity index (χ1) is 14.0. The van der Waals surface area contributed by atoms with E-state index in [1.165, 1.54) is 24.8 Å². The molecular weight excluding hydrogens is 403 g/mol. The summed E-state index contributed by atoms with van der Waals surface area (Å²) in [5.41, 5.74) is 5.93. The molecular formula is C20H22F3N3O4. The van der Waals surface area contributed by atoms with Gasteiger partial charge >= 0.3 is 12.1 Å². The Kier molecular flexibility index (Phi) is 7.25. The summed E-state index contributed by atoms with van der Waals surface area (Å²) in [6.45, 7) is 0.943. The molecule has 0 saturated heterocycles. The minimum Gasteiger partial charge on any atom is -0.452 e. The summed E-state index contributed by atoms with van der Waals surface area (Å²) in [6, 6.07) is 9.71. The molecule has 0 unspecified atom stereocenters. The normalized spacial score (nSPS) is 11.2. The molecule has 0 atom stereocenters. The molecule has 0 spiro atoms. The third kappa shape index (κ3) is 6.10. The van der Waals surface area contributed by atoms with Crippen LogP contribution in [-0.2, 0) is 20.9 Å². The second-order valence-corrected chi connectivity index (χ2v) is 6.66. The highest BCUT2D eigenvalue weighted by molar-refractivity contribution is 5.98. The average molecular weight is 425 g/mol. The van der Waals surface area contributed by atoms with Crippen LogP contribution in [0.4, 0.5) is 18.9 Å². The van der Waals surface area contributed by atoms with E-state index in [0.29, 0.717) is 5.69 Å². The number of alkyl halides is 3. The Bertz CT molecular complexity index is 923. The van der Waals surface area contributed by atoms with Gasteiger partial charge in [0.05, 0.1) is 5.56 Å². The summed E-state index contributed by atoms with van der Waals surface area (Å²) in [5, 5.41) is 0. The maximum atomic E-state index is 12.7. The molecule has 2 aromatic rings. The number of halogens is 3. The lowest BCUT2D eigenvalue weighted by Gasteiger charge is -2.22. The van der Waals surface area contributed by atoms with Gasteiger partial charge in [0.25, 0.3) is 5.91 Å². The van der Waals surface area contributed by atoms with Gasteiger partial charge < -0.3 is 19.9 Å². The van der Waals surface area contributed by atoms with Crippen molar-refractivity contribution in [3.8, 4) is 0 Å². The van der Waals surface area contributed by atoms with Crippen molar-refractivity contribution in [2.45, 2.75) is 33.0 Å². The number of rotatable bonds is 8. The number of carbonyl (C=O) groups excluding carboxylic acids is 3. The van der Waals surface area contributed by atoms with Crippen molar-refractivity contribution >= 4 is 23.5 Å². The Morgan fingerprint density at radius 1 is 1.13 bits per heavy atom. The van der Waals surface area contributed by atoms with E-state index < -0.39 is 37.1 Å². The number of para-hydroxylation sites is 1. The zero-order valence-electron chi connectivity index (χ0n) is 16.5. The van der Waals surface area contributed by atoms with Gasteiger partial charge in [-0.25, -0.2) is 4.79 Å². The number of aromatic nitrogens is 1. The Labute approximate surface area is 171 Å². The molecule has 0 fully saturated rings. The number of nitrogens with zero attached hydrogens (tertiary/aromatic N) is 2. The third-order valence-corrected chi connectivity index (χ3v) is 4.41. The first kappa shape index (κ1) is 23.0. The predicted octanol–water partition coefficient (Wildman–Crippen LogP) is 2.73. The highest BCUT2D eigenvalue weighted by Gasteiger charge is 2.30. The standard InChI is InChI=1S/C20H22F3N3O4/c1-13-10-16(14(2)26(13)12-20(21,22)23)19(29)30-11-18(28)25(9-8-17(24)27)15-6-4-3-5-7-15/h3-7,10H,8-9,11-12H2,1-2H3,(H2,24,27). The predicted molar refractivity (Wildman–Crippen MR) is 103 cm³/mol. The average Bonchev–Trinajstić information content (AvgIpc) is 2.94. The zero-order chi connectivity index (χ0) is 22.5. The number of aryl methyl sites for hydroxylation is 1. The molecule has 2 N–H and O–H groups in total. The van der Waals surface area contributed by atoms with Crippen LogP contribution in [0.2, 0.25) is 0 Å². The van der Waals surface area contributed by atoms with Crippen LogP contribution in [0.3, 0.4) is 0 Å². The fourth-order valence-corrected chi connectivity index (χ4v) is 2.94. The molecule has 0 saturated carbocycles. The van der Waals surface area contributed by atoms with Crippen LogP contribution in [0.1, 0.15) is 28.2 Å². The van der Waals surface area contributed by atoms with Crippen molar-refractivity contribution in [3.63, 3.8) is 0 Å². The van der Waals surface area contributed by atoms with Gasteiger partial charge in [-0.1, -0.05) is 18.2 Å². The van der Waals surface area contributed by atoms with Gasteiger partial charge in [0.2, 0.25) is 5.91 Å². The van der Waals surface area contributed by atoms with E-state index in [1.807, 2.05) is 0 Å². The number of benzene rings is 1. The van der Waals surface area contributed by atoms with E-state index in [0.717, 1.165) is 4.57 Å². The molecule has 0 aliphatic carbocycles. The van der Waals surface area contributed by atoms with Crippen LogP contribution in [0, 0.1) is 13.8 Å². The molecule has 0 bridgehead atoms. The zero-order valence-corrected chi connectivity index (χ0v) is 16.5. The highest BCUT2D eigenvalue weighted by Crippen LogP contribution is 2.23. The first-order valence-electron chi connectivity index (χ1n) is 9.04. The summed E-state index contributed by atoms with van der Waals surface area (Å²) in [5.74, 6) is -2.11. The minimum atomic E-state index is -4.44. The molecule has 0 aliphatic rings. The summed E-state index contributed by atoms with van der Waals surface area (Å²) < 4.78 is 44.2. The van der Waals surface area contributed by atoms with Crippen molar-refractivity contribution < 1.29 is 32.3 Å². The van der Waals surface area contributed by atoms with E-state index in [9.17, 15) is 27.6 Å². The monoisotopic (exact) mass is 425 g/mol. The number of amides is 2.